The minimum absolute atomic E-state index is 0.0435. The zero-order valence-electron chi connectivity index (χ0n) is 13.5. The second kappa shape index (κ2) is 7.61. The molecule has 0 saturated carbocycles. The van der Waals surface area contributed by atoms with Crippen molar-refractivity contribution in [3.63, 3.8) is 0 Å². The van der Waals surface area contributed by atoms with Gasteiger partial charge in [0.2, 0.25) is 10.0 Å². The lowest BCUT2D eigenvalue weighted by Crippen LogP contribution is -2.39. The first-order valence-electron chi connectivity index (χ1n) is 7.38. The molecule has 1 aromatic carbocycles. The predicted molar refractivity (Wildman–Crippen MR) is 86.8 cm³/mol. The fourth-order valence-corrected chi connectivity index (χ4v) is 3.57. The van der Waals surface area contributed by atoms with E-state index in [2.05, 4.69) is 0 Å². The molecular formula is C16H20N2O5S. The van der Waals surface area contributed by atoms with Crippen molar-refractivity contribution in [2.24, 2.45) is 0 Å². The Kier molecular flexibility index (Phi) is 5.76. The van der Waals surface area contributed by atoms with Crippen molar-refractivity contribution in [3.05, 3.63) is 54.0 Å². The highest BCUT2D eigenvalue weighted by Crippen LogP contribution is 2.21. The molecule has 0 radical (unpaired) electrons. The zero-order valence-corrected chi connectivity index (χ0v) is 14.3. The van der Waals surface area contributed by atoms with Crippen LogP contribution in [-0.2, 0) is 21.4 Å². The van der Waals surface area contributed by atoms with Gasteiger partial charge in [-0.05, 0) is 29.7 Å². The average Bonchev–Trinajstić information content (AvgIpc) is 3.07. The van der Waals surface area contributed by atoms with Gasteiger partial charge in [-0.3, -0.25) is 10.0 Å². The summed E-state index contributed by atoms with van der Waals surface area (Å²) in [4.78, 5) is 11.6. The van der Waals surface area contributed by atoms with Crippen LogP contribution < -0.4 is 5.48 Å². The summed E-state index contributed by atoms with van der Waals surface area (Å²) in [6, 6.07) is 8.15. The van der Waals surface area contributed by atoms with Gasteiger partial charge < -0.3 is 4.42 Å². The number of hydrogen-bond acceptors (Lipinski definition) is 5. The van der Waals surface area contributed by atoms with Crippen LogP contribution in [0.15, 0.2) is 52.2 Å². The number of hydrogen-bond donors (Lipinski definition) is 2. The fourth-order valence-electron chi connectivity index (χ4n) is 2.18. The molecule has 2 rings (SSSR count). The molecule has 0 saturated heterocycles. The molecule has 0 spiro atoms. The molecule has 0 atom stereocenters. The Morgan fingerprint density at radius 1 is 1.25 bits per heavy atom. The summed E-state index contributed by atoms with van der Waals surface area (Å²) in [6.07, 6.45) is 2.82. The third kappa shape index (κ3) is 4.22. The number of furan rings is 1. The van der Waals surface area contributed by atoms with E-state index in [1.807, 2.05) is 13.8 Å². The number of benzene rings is 1. The third-order valence-electron chi connectivity index (χ3n) is 3.57. The Bertz CT molecular complexity index is 767. The van der Waals surface area contributed by atoms with Gasteiger partial charge in [0, 0.05) is 12.1 Å². The molecule has 1 aromatic heterocycles. The van der Waals surface area contributed by atoms with Crippen LogP contribution in [0.25, 0.3) is 0 Å². The second-order valence-electron chi connectivity index (χ2n) is 5.66. The molecule has 1 heterocycles. The van der Waals surface area contributed by atoms with Gasteiger partial charge in [-0.25, -0.2) is 13.9 Å². The molecule has 2 N–H and O–H groups in total. The summed E-state index contributed by atoms with van der Waals surface area (Å²) in [5, 5.41) is 8.70. The quantitative estimate of drug-likeness (QED) is 0.587. The van der Waals surface area contributed by atoms with Gasteiger partial charge in [-0.1, -0.05) is 26.0 Å². The fraction of sp³-hybridized carbons (Fsp3) is 0.312. The molecule has 2 aromatic rings. The maximum Gasteiger partial charge on any atom is 0.258 e. The van der Waals surface area contributed by atoms with Crippen molar-refractivity contribution < 1.29 is 22.8 Å². The number of sulfonamides is 1. The van der Waals surface area contributed by atoms with Crippen LogP contribution in [0.5, 0.6) is 0 Å². The van der Waals surface area contributed by atoms with Crippen molar-refractivity contribution in [1.29, 1.82) is 0 Å². The summed E-state index contributed by atoms with van der Waals surface area (Å²) in [6.45, 7) is 3.48. The van der Waals surface area contributed by atoms with Crippen LogP contribution in [0.1, 0.15) is 30.9 Å². The maximum absolute atomic E-state index is 12.8. The molecule has 1 amide bonds. The second-order valence-corrected chi connectivity index (χ2v) is 7.60. The van der Waals surface area contributed by atoms with Gasteiger partial charge in [-0.2, -0.15) is 4.31 Å². The Labute approximate surface area is 140 Å². The minimum atomic E-state index is -3.91. The van der Waals surface area contributed by atoms with E-state index in [1.165, 1.54) is 30.1 Å². The smallest absolute Gasteiger partial charge is 0.258 e. The molecule has 0 aliphatic heterocycles. The van der Waals surface area contributed by atoms with E-state index < -0.39 is 22.5 Å². The van der Waals surface area contributed by atoms with Crippen LogP contribution in [-0.4, -0.2) is 30.4 Å². The summed E-state index contributed by atoms with van der Waals surface area (Å²) >= 11 is 0. The molecule has 0 fully saturated rings. The molecule has 0 unspecified atom stereocenters. The van der Waals surface area contributed by atoms with E-state index in [4.69, 9.17) is 9.62 Å². The highest BCUT2D eigenvalue weighted by molar-refractivity contribution is 7.89. The number of carbonyl (C=O) groups excluding carboxylic acids is 1. The van der Waals surface area contributed by atoms with Crippen molar-refractivity contribution in [1.82, 2.24) is 9.79 Å². The molecule has 0 aliphatic carbocycles. The van der Waals surface area contributed by atoms with Crippen LogP contribution in [0.3, 0.4) is 0 Å². The average molecular weight is 352 g/mol. The highest BCUT2D eigenvalue weighted by Gasteiger charge is 2.27. The summed E-state index contributed by atoms with van der Waals surface area (Å²) in [7, 11) is -3.91. The monoisotopic (exact) mass is 352 g/mol. The molecular weight excluding hydrogens is 332 g/mol. The standard InChI is InChI=1S/C16H20N2O5S/c1-12(2)14-3-5-15(6-4-14)24(21,22)18(10-16(19)17-20)9-13-7-8-23-11-13/h3-8,11-12,20H,9-10H2,1-2H3,(H,17,19). The largest absolute Gasteiger partial charge is 0.472 e. The minimum Gasteiger partial charge on any atom is -0.472 e. The molecule has 24 heavy (non-hydrogen) atoms. The summed E-state index contributed by atoms with van der Waals surface area (Å²) < 4.78 is 31.6. The van der Waals surface area contributed by atoms with Crippen LogP contribution in [0.2, 0.25) is 0 Å². The first kappa shape index (κ1) is 18.2. The van der Waals surface area contributed by atoms with Crippen LogP contribution in [0.4, 0.5) is 0 Å². The van der Waals surface area contributed by atoms with Crippen LogP contribution in [0, 0.1) is 0 Å². The molecule has 130 valence electrons. The lowest BCUT2D eigenvalue weighted by molar-refractivity contribution is -0.129. The number of carbonyl (C=O) groups is 1. The van der Waals surface area contributed by atoms with Crippen LogP contribution >= 0.6 is 0 Å². The van der Waals surface area contributed by atoms with E-state index in [0.29, 0.717) is 5.56 Å². The molecule has 7 nitrogen and oxygen atoms in total. The van der Waals surface area contributed by atoms with Gasteiger partial charge in [0.05, 0.1) is 24.0 Å². The number of hydroxylamine groups is 1. The highest BCUT2D eigenvalue weighted by atomic mass is 32.2. The lowest BCUT2D eigenvalue weighted by Gasteiger charge is -2.21. The van der Waals surface area contributed by atoms with Crippen molar-refractivity contribution in [3.8, 4) is 0 Å². The Hall–Kier alpha value is -2.16. The van der Waals surface area contributed by atoms with E-state index in [1.54, 1.807) is 18.2 Å². The summed E-state index contributed by atoms with van der Waals surface area (Å²) in [5.74, 6) is -0.537. The van der Waals surface area contributed by atoms with E-state index in [9.17, 15) is 13.2 Å². The number of amides is 1. The predicted octanol–water partition coefficient (Wildman–Crippen LogP) is 2.10. The molecule has 8 heteroatoms. The van der Waals surface area contributed by atoms with Gasteiger partial charge in [0.1, 0.15) is 0 Å². The zero-order chi connectivity index (χ0) is 17.7. The van der Waals surface area contributed by atoms with E-state index in [0.717, 1.165) is 9.87 Å². The molecule has 0 aliphatic rings. The summed E-state index contributed by atoms with van der Waals surface area (Å²) in [5.41, 5.74) is 3.07. The normalized spacial score (nSPS) is 11.9. The Morgan fingerprint density at radius 3 is 2.42 bits per heavy atom. The topological polar surface area (TPSA) is 99.9 Å². The van der Waals surface area contributed by atoms with E-state index >= 15 is 0 Å². The number of nitrogens with zero attached hydrogens (tertiary/aromatic N) is 1. The number of nitrogens with one attached hydrogen (secondary N) is 1. The van der Waals surface area contributed by atoms with Gasteiger partial charge in [-0.15, -0.1) is 0 Å². The number of rotatable bonds is 7. The SMILES string of the molecule is CC(C)c1ccc(S(=O)(=O)N(CC(=O)NO)Cc2ccoc2)cc1. The van der Waals surface area contributed by atoms with Crippen molar-refractivity contribution in [2.45, 2.75) is 31.2 Å². The van der Waals surface area contributed by atoms with Gasteiger partial charge in [0.15, 0.2) is 0 Å². The van der Waals surface area contributed by atoms with E-state index in [-0.39, 0.29) is 17.4 Å². The lowest BCUT2D eigenvalue weighted by atomic mass is 10.0. The first-order chi connectivity index (χ1) is 11.3. The van der Waals surface area contributed by atoms with Gasteiger partial charge in [0.25, 0.3) is 5.91 Å². The van der Waals surface area contributed by atoms with Crippen molar-refractivity contribution in [2.75, 3.05) is 6.54 Å². The first-order valence-corrected chi connectivity index (χ1v) is 8.82. The van der Waals surface area contributed by atoms with Gasteiger partial charge >= 0.3 is 0 Å². The third-order valence-corrected chi connectivity index (χ3v) is 5.37. The molecule has 0 bridgehead atoms. The maximum atomic E-state index is 12.8. The Morgan fingerprint density at radius 2 is 1.92 bits per heavy atom. The van der Waals surface area contributed by atoms with Crippen molar-refractivity contribution >= 4 is 15.9 Å². The Balaban J connectivity index is 2.32.